The maximum absolute atomic E-state index is 13.7. The molecule has 0 aromatic heterocycles. The number of likely N-dealkylation sites (N-methyl/N-ethyl adjacent to an activating group) is 1. The third-order valence-corrected chi connectivity index (χ3v) is 8.44. The summed E-state index contributed by atoms with van der Waals surface area (Å²) in [6.45, 7) is 2.92. The third kappa shape index (κ3) is 4.35. The fraction of sp³-hybridized carbons (Fsp3) is 0.680. The molecule has 0 bridgehead atoms. The van der Waals surface area contributed by atoms with Crippen molar-refractivity contribution in [1.29, 1.82) is 0 Å². The summed E-state index contributed by atoms with van der Waals surface area (Å²) in [4.78, 5) is 33.0. The molecule has 4 fully saturated rings. The molecule has 2 amide bonds. The SMILES string of the molecule is COc1cc(CN2CCC3(CC2)CC(=O)N2C[C@@H](N(C)C4CCC4)C[C@H]2C(=O)N3)ccc1F. The molecule has 1 spiro atoms. The minimum Gasteiger partial charge on any atom is -0.494 e. The molecule has 1 N–H and O–H groups in total. The average molecular weight is 459 g/mol. The van der Waals surface area contributed by atoms with Crippen LogP contribution in [0.25, 0.3) is 0 Å². The molecule has 1 aliphatic carbocycles. The molecule has 2 atom stereocenters. The number of rotatable bonds is 5. The van der Waals surface area contributed by atoms with Gasteiger partial charge in [-0.2, -0.15) is 0 Å². The molecule has 3 saturated heterocycles. The van der Waals surface area contributed by atoms with E-state index >= 15 is 0 Å². The van der Waals surface area contributed by atoms with Gasteiger partial charge in [-0.25, -0.2) is 4.39 Å². The zero-order valence-electron chi connectivity index (χ0n) is 19.7. The van der Waals surface area contributed by atoms with Crippen LogP contribution in [0.5, 0.6) is 5.75 Å². The normalized spacial score (nSPS) is 27.9. The fourth-order valence-electron chi connectivity index (χ4n) is 6.01. The first kappa shape index (κ1) is 22.6. The van der Waals surface area contributed by atoms with E-state index in [-0.39, 0.29) is 35.5 Å². The van der Waals surface area contributed by atoms with Gasteiger partial charge in [0, 0.05) is 38.3 Å². The van der Waals surface area contributed by atoms with E-state index in [1.54, 1.807) is 12.1 Å². The van der Waals surface area contributed by atoms with Crippen LogP contribution in [-0.4, -0.2) is 84.0 Å². The van der Waals surface area contributed by atoms with Crippen LogP contribution in [-0.2, 0) is 16.1 Å². The van der Waals surface area contributed by atoms with Crippen LogP contribution in [0, 0.1) is 5.82 Å². The van der Waals surface area contributed by atoms with Crippen molar-refractivity contribution in [2.75, 3.05) is 33.8 Å². The zero-order chi connectivity index (χ0) is 23.2. The van der Waals surface area contributed by atoms with Crippen molar-refractivity contribution in [3.8, 4) is 5.75 Å². The van der Waals surface area contributed by atoms with Crippen LogP contribution < -0.4 is 10.1 Å². The van der Waals surface area contributed by atoms with Gasteiger partial charge < -0.3 is 15.0 Å². The Labute approximate surface area is 195 Å². The Bertz CT molecular complexity index is 885. The molecule has 1 aromatic rings. The lowest BCUT2D eigenvalue weighted by Crippen LogP contribution is -2.56. The van der Waals surface area contributed by atoms with Crippen molar-refractivity contribution in [1.82, 2.24) is 20.0 Å². The van der Waals surface area contributed by atoms with E-state index in [0.29, 0.717) is 25.6 Å². The minimum atomic E-state index is -0.454. The summed E-state index contributed by atoms with van der Waals surface area (Å²) >= 11 is 0. The maximum atomic E-state index is 13.7. The number of fused-ring (bicyclic) bond motifs is 1. The molecule has 3 aliphatic heterocycles. The lowest BCUT2D eigenvalue weighted by Gasteiger charge is -2.41. The van der Waals surface area contributed by atoms with Gasteiger partial charge in [0.15, 0.2) is 11.6 Å². The first-order chi connectivity index (χ1) is 15.9. The molecular formula is C25H35FN4O3. The molecule has 3 heterocycles. The Morgan fingerprint density at radius 2 is 1.97 bits per heavy atom. The summed E-state index contributed by atoms with van der Waals surface area (Å²) in [5, 5.41) is 3.31. The maximum Gasteiger partial charge on any atom is 0.243 e. The summed E-state index contributed by atoms with van der Waals surface area (Å²) in [6, 6.07) is 5.50. The zero-order valence-corrected chi connectivity index (χ0v) is 19.7. The van der Waals surface area contributed by atoms with Gasteiger partial charge in [0.05, 0.1) is 19.1 Å². The predicted octanol–water partition coefficient (Wildman–Crippen LogP) is 2.14. The van der Waals surface area contributed by atoms with Crippen molar-refractivity contribution in [3.05, 3.63) is 29.6 Å². The first-order valence-corrected chi connectivity index (χ1v) is 12.3. The number of ether oxygens (including phenoxy) is 1. The Hall–Kier alpha value is -2.19. The van der Waals surface area contributed by atoms with Gasteiger partial charge in [-0.1, -0.05) is 12.5 Å². The number of halogens is 1. The molecular weight excluding hydrogens is 423 g/mol. The quantitative estimate of drug-likeness (QED) is 0.733. The van der Waals surface area contributed by atoms with Gasteiger partial charge in [0.1, 0.15) is 6.04 Å². The Balaban J connectivity index is 1.20. The molecule has 180 valence electrons. The van der Waals surface area contributed by atoms with Gasteiger partial charge >= 0.3 is 0 Å². The number of likely N-dealkylation sites (tertiary alicyclic amines) is 1. The van der Waals surface area contributed by atoms with E-state index in [1.807, 2.05) is 4.90 Å². The second kappa shape index (κ2) is 8.87. The number of nitrogens with one attached hydrogen (secondary N) is 1. The Morgan fingerprint density at radius 3 is 2.64 bits per heavy atom. The summed E-state index contributed by atoms with van der Waals surface area (Å²) in [7, 11) is 3.62. The molecule has 1 saturated carbocycles. The van der Waals surface area contributed by atoms with Crippen LogP contribution in [0.2, 0.25) is 0 Å². The van der Waals surface area contributed by atoms with E-state index in [4.69, 9.17) is 4.74 Å². The van der Waals surface area contributed by atoms with Crippen molar-refractivity contribution >= 4 is 11.8 Å². The molecule has 5 rings (SSSR count). The van der Waals surface area contributed by atoms with Crippen molar-refractivity contribution in [2.45, 2.75) is 75.2 Å². The Morgan fingerprint density at radius 1 is 1.21 bits per heavy atom. The van der Waals surface area contributed by atoms with Crippen molar-refractivity contribution in [2.24, 2.45) is 0 Å². The molecule has 33 heavy (non-hydrogen) atoms. The van der Waals surface area contributed by atoms with Gasteiger partial charge in [0.25, 0.3) is 0 Å². The van der Waals surface area contributed by atoms with Crippen LogP contribution in [0.4, 0.5) is 4.39 Å². The summed E-state index contributed by atoms with van der Waals surface area (Å²) < 4.78 is 18.8. The predicted molar refractivity (Wildman–Crippen MR) is 122 cm³/mol. The average Bonchev–Trinajstić information content (AvgIpc) is 3.18. The monoisotopic (exact) mass is 458 g/mol. The summed E-state index contributed by atoms with van der Waals surface area (Å²) in [5.74, 6) is 0.0197. The van der Waals surface area contributed by atoms with Gasteiger partial charge in [-0.15, -0.1) is 0 Å². The number of benzene rings is 1. The van der Waals surface area contributed by atoms with E-state index in [2.05, 4.69) is 22.2 Å². The lowest BCUT2D eigenvalue weighted by molar-refractivity contribution is -0.135. The summed E-state index contributed by atoms with van der Waals surface area (Å²) in [5.41, 5.74) is 0.539. The highest BCUT2D eigenvalue weighted by Gasteiger charge is 2.50. The molecule has 0 unspecified atom stereocenters. The topological polar surface area (TPSA) is 65.1 Å². The number of hydrogen-bond donors (Lipinski definition) is 1. The second-order valence-corrected chi connectivity index (χ2v) is 10.4. The highest BCUT2D eigenvalue weighted by atomic mass is 19.1. The Kier molecular flexibility index (Phi) is 6.07. The fourth-order valence-corrected chi connectivity index (χ4v) is 6.01. The lowest BCUT2D eigenvalue weighted by atomic mass is 9.83. The van der Waals surface area contributed by atoms with Crippen LogP contribution in [0.3, 0.4) is 0 Å². The number of amides is 2. The molecule has 8 heteroatoms. The molecule has 1 aromatic carbocycles. The van der Waals surface area contributed by atoms with Gasteiger partial charge in [0.2, 0.25) is 11.8 Å². The smallest absolute Gasteiger partial charge is 0.243 e. The number of carbonyl (C=O) groups excluding carboxylic acids is 2. The van der Waals surface area contributed by atoms with Crippen LogP contribution in [0.1, 0.15) is 50.5 Å². The van der Waals surface area contributed by atoms with Gasteiger partial charge in [-0.05, 0) is 56.8 Å². The van der Waals surface area contributed by atoms with Crippen LogP contribution in [0.15, 0.2) is 18.2 Å². The summed E-state index contributed by atoms with van der Waals surface area (Å²) in [6.07, 6.45) is 6.34. The van der Waals surface area contributed by atoms with E-state index < -0.39 is 5.54 Å². The number of nitrogens with zero attached hydrogens (tertiary/aromatic N) is 3. The standard InChI is InChI=1S/C25H35FN4O3/c1-28(18-4-3-5-18)19-13-21-24(32)27-25(14-23(31)30(21)16-19)8-10-29(11-9-25)15-17-6-7-20(26)22(12-17)33-2/h6-7,12,18-19,21H,3-5,8-11,13-16H2,1-2H3,(H,27,32)/t19-,21-/m0/s1. The van der Waals surface area contributed by atoms with E-state index in [1.165, 1.54) is 32.4 Å². The van der Waals surface area contributed by atoms with Crippen molar-refractivity contribution < 1.29 is 18.7 Å². The number of piperidine rings is 1. The van der Waals surface area contributed by atoms with E-state index in [0.717, 1.165) is 37.9 Å². The minimum absolute atomic E-state index is 0.0158. The largest absolute Gasteiger partial charge is 0.494 e. The highest BCUT2D eigenvalue weighted by Crippen LogP contribution is 2.35. The number of methoxy groups -OCH3 is 1. The van der Waals surface area contributed by atoms with Crippen molar-refractivity contribution in [3.63, 3.8) is 0 Å². The van der Waals surface area contributed by atoms with Crippen LogP contribution >= 0.6 is 0 Å². The highest BCUT2D eigenvalue weighted by molar-refractivity contribution is 5.92. The first-order valence-electron chi connectivity index (χ1n) is 12.3. The van der Waals surface area contributed by atoms with Gasteiger partial charge in [-0.3, -0.25) is 19.4 Å². The molecule has 0 radical (unpaired) electrons. The molecule has 4 aliphatic rings. The van der Waals surface area contributed by atoms with E-state index in [9.17, 15) is 14.0 Å². The number of hydrogen-bond acceptors (Lipinski definition) is 5. The second-order valence-electron chi connectivity index (χ2n) is 10.4. The number of carbonyl (C=O) groups is 2. The molecule has 7 nitrogen and oxygen atoms in total. The third-order valence-electron chi connectivity index (χ3n) is 8.44.